The molecule has 0 radical (unpaired) electrons. The van der Waals surface area contributed by atoms with Gasteiger partial charge in [0.25, 0.3) is 11.8 Å². The maximum absolute atomic E-state index is 12.4. The van der Waals surface area contributed by atoms with Crippen LogP contribution in [0.15, 0.2) is 39.5 Å². The Labute approximate surface area is 140 Å². The fourth-order valence-electron chi connectivity index (χ4n) is 2.39. The molecule has 0 saturated heterocycles. The van der Waals surface area contributed by atoms with Gasteiger partial charge in [0.15, 0.2) is 11.2 Å². The van der Waals surface area contributed by atoms with Crippen molar-refractivity contribution in [1.29, 1.82) is 0 Å². The van der Waals surface area contributed by atoms with Gasteiger partial charge in [-0.15, -0.1) is 11.3 Å². The molecule has 0 fully saturated rings. The summed E-state index contributed by atoms with van der Waals surface area (Å²) < 4.78 is 5.49. The molecule has 0 atom stereocenters. The Morgan fingerprint density at radius 1 is 1.21 bits per heavy atom. The standard InChI is InChI=1S/C17H14N2O4S/c1-8-9(2)24-17(14(8)15(18)21)19-16(22)13-7-11(20)10-5-3-4-6-12(10)23-13/h3-7H,1-2H3,(H2,18,21)(H,19,22). The van der Waals surface area contributed by atoms with Gasteiger partial charge in [-0.05, 0) is 31.5 Å². The number of amides is 2. The molecule has 3 N–H and O–H groups in total. The number of thiophene rings is 1. The summed E-state index contributed by atoms with van der Waals surface area (Å²) in [5, 5.41) is 3.35. The fraction of sp³-hybridized carbons (Fsp3) is 0.118. The van der Waals surface area contributed by atoms with Gasteiger partial charge in [-0.1, -0.05) is 12.1 Å². The van der Waals surface area contributed by atoms with Gasteiger partial charge in [-0.3, -0.25) is 14.4 Å². The number of carbonyl (C=O) groups is 2. The molecule has 2 amide bonds. The molecule has 0 saturated carbocycles. The quantitative estimate of drug-likeness (QED) is 0.764. The van der Waals surface area contributed by atoms with E-state index < -0.39 is 11.8 Å². The van der Waals surface area contributed by atoms with Gasteiger partial charge in [-0.25, -0.2) is 0 Å². The Balaban J connectivity index is 2.01. The average molecular weight is 342 g/mol. The first-order chi connectivity index (χ1) is 11.4. The van der Waals surface area contributed by atoms with Crippen LogP contribution in [0.25, 0.3) is 11.0 Å². The molecule has 122 valence electrons. The molecule has 3 rings (SSSR count). The van der Waals surface area contributed by atoms with E-state index in [-0.39, 0.29) is 16.8 Å². The highest BCUT2D eigenvalue weighted by molar-refractivity contribution is 7.16. The average Bonchev–Trinajstić information content (AvgIpc) is 2.81. The van der Waals surface area contributed by atoms with Crippen molar-refractivity contribution in [2.24, 2.45) is 5.73 Å². The minimum atomic E-state index is -0.618. The Morgan fingerprint density at radius 2 is 1.92 bits per heavy atom. The Hall–Kier alpha value is -2.93. The Kier molecular flexibility index (Phi) is 3.94. The van der Waals surface area contributed by atoms with E-state index in [1.165, 1.54) is 11.3 Å². The second-order valence-electron chi connectivity index (χ2n) is 5.28. The Morgan fingerprint density at radius 3 is 2.62 bits per heavy atom. The first kappa shape index (κ1) is 15.9. The van der Waals surface area contributed by atoms with Crippen LogP contribution < -0.4 is 16.5 Å². The largest absolute Gasteiger partial charge is 0.451 e. The third kappa shape index (κ3) is 2.69. The second-order valence-corrected chi connectivity index (χ2v) is 6.50. The molecule has 3 aromatic rings. The third-order valence-electron chi connectivity index (χ3n) is 3.72. The van der Waals surface area contributed by atoms with Crippen molar-refractivity contribution in [2.45, 2.75) is 13.8 Å². The molecule has 0 unspecified atom stereocenters. The number of nitrogens with two attached hydrogens (primary N) is 1. The van der Waals surface area contributed by atoms with Crippen molar-refractivity contribution in [2.75, 3.05) is 5.32 Å². The third-order valence-corrected chi connectivity index (χ3v) is 4.84. The first-order valence-corrected chi connectivity index (χ1v) is 7.94. The number of rotatable bonds is 3. The molecule has 1 aromatic carbocycles. The fourth-order valence-corrected chi connectivity index (χ4v) is 3.45. The first-order valence-electron chi connectivity index (χ1n) is 7.12. The van der Waals surface area contributed by atoms with E-state index in [4.69, 9.17) is 10.2 Å². The van der Waals surface area contributed by atoms with E-state index in [0.717, 1.165) is 16.5 Å². The van der Waals surface area contributed by atoms with Crippen molar-refractivity contribution in [3.63, 3.8) is 0 Å². The van der Waals surface area contributed by atoms with E-state index in [0.29, 0.717) is 16.0 Å². The summed E-state index contributed by atoms with van der Waals surface area (Å²) >= 11 is 1.25. The van der Waals surface area contributed by atoms with Crippen molar-refractivity contribution >= 4 is 39.1 Å². The molecular weight excluding hydrogens is 328 g/mol. The lowest BCUT2D eigenvalue weighted by Crippen LogP contribution is -2.18. The maximum Gasteiger partial charge on any atom is 0.292 e. The molecule has 0 aliphatic carbocycles. The van der Waals surface area contributed by atoms with E-state index in [1.54, 1.807) is 31.2 Å². The molecule has 6 nitrogen and oxygen atoms in total. The van der Waals surface area contributed by atoms with Crippen LogP contribution in [0.1, 0.15) is 31.4 Å². The topological polar surface area (TPSA) is 102 Å². The smallest absolute Gasteiger partial charge is 0.292 e. The highest BCUT2D eigenvalue weighted by Gasteiger charge is 2.21. The number of fused-ring (bicyclic) bond motifs is 1. The molecule has 24 heavy (non-hydrogen) atoms. The molecule has 0 aliphatic rings. The van der Waals surface area contributed by atoms with Crippen LogP contribution >= 0.6 is 11.3 Å². The number of nitrogens with one attached hydrogen (secondary N) is 1. The number of carbonyl (C=O) groups excluding carboxylic acids is 2. The number of para-hydroxylation sites is 1. The van der Waals surface area contributed by atoms with E-state index in [1.807, 2.05) is 6.92 Å². The van der Waals surface area contributed by atoms with E-state index >= 15 is 0 Å². The van der Waals surface area contributed by atoms with Gasteiger partial charge in [0.2, 0.25) is 0 Å². The van der Waals surface area contributed by atoms with E-state index in [2.05, 4.69) is 5.32 Å². The van der Waals surface area contributed by atoms with Gasteiger partial charge < -0.3 is 15.5 Å². The van der Waals surface area contributed by atoms with E-state index in [9.17, 15) is 14.4 Å². The number of benzene rings is 1. The van der Waals surface area contributed by atoms with Crippen LogP contribution in [0.5, 0.6) is 0 Å². The maximum atomic E-state index is 12.4. The van der Waals surface area contributed by atoms with Crippen molar-refractivity contribution in [1.82, 2.24) is 0 Å². The highest BCUT2D eigenvalue weighted by Crippen LogP contribution is 2.32. The lowest BCUT2D eigenvalue weighted by atomic mass is 10.1. The molecule has 2 aromatic heterocycles. The predicted molar refractivity (Wildman–Crippen MR) is 92.7 cm³/mol. The van der Waals surface area contributed by atoms with Crippen molar-refractivity contribution in [3.8, 4) is 0 Å². The van der Waals surface area contributed by atoms with Gasteiger partial charge in [0, 0.05) is 10.9 Å². The number of hydrogen-bond donors (Lipinski definition) is 2. The second kappa shape index (κ2) is 5.93. The van der Waals surface area contributed by atoms with Crippen molar-refractivity contribution < 1.29 is 14.0 Å². The zero-order valence-corrected chi connectivity index (χ0v) is 13.8. The normalized spacial score (nSPS) is 10.8. The van der Waals surface area contributed by atoms with Crippen LogP contribution in [-0.2, 0) is 0 Å². The summed E-state index contributed by atoms with van der Waals surface area (Å²) in [6.45, 7) is 3.59. The number of aryl methyl sites for hydroxylation is 1. The molecule has 2 heterocycles. The SMILES string of the molecule is Cc1sc(NC(=O)c2cc(=O)c3ccccc3o2)c(C(N)=O)c1C. The summed E-state index contributed by atoms with van der Waals surface area (Å²) in [5.74, 6) is -1.36. The predicted octanol–water partition coefficient (Wildman–Crippen LogP) is 2.82. The summed E-state index contributed by atoms with van der Waals surface area (Å²) in [6.07, 6.45) is 0. The number of primary amides is 1. The van der Waals surface area contributed by atoms with Gasteiger partial charge in [0.05, 0.1) is 10.9 Å². The van der Waals surface area contributed by atoms with Gasteiger partial charge in [0.1, 0.15) is 10.6 Å². The van der Waals surface area contributed by atoms with Gasteiger partial charge >= 0.3 is 0 Å². The minimum Gasteiger partial charge on any atom is -0.451 e. The molecule has 7 heteroatoms. The summed E-state index contributed by atoms with van der Waals surface area (Å²) in [5.41, 5.74) is 6.40. The summed E-state index contributed by atoms with van der Waals surface area (Å²) in [6, 6.07) is 7.80. The zero-order chi connectivity index (χ0) is 17.4. The van der Waals surface area contributed by atoms with Crippen LogP contribution in [0.2, 0.25) is 0 Å². The lowest BCUT2D eigenvalue weighted by Gasteiger charge is -2.05. The monoisotopic (exact) mass is 342 g/mol. The van der Waals surface area contributed by atoms with Crippen LogP contribution in [-0.4, -0.2) is 11.8 Å². The lowest BCUT2D eigenvalue weighted by molar-refractivity contribution is 0.0997. The molecular formula is C17H14N2O4S. The number of anilines is 1. The highest BCUT2D eigenvalue weighted by atomic mass is 32.1. The minimum absolute atomic E-state index is 0.127. The summed E-state index contributed by atoms with van der Waals surface area (Å²) in [7, 11) is 0. The Bertz CT molecular complexity index is 1030. The van der Waals surface area contributed by atoms with Crippen LogP contribution in [0.4, 0.5) is 5.00 Å². The molecule has 0 spiro atoms. The molecule has 0 bridgehead atoms. The summed E-state index contributed by atoms with van der Waals surface area (Å²) in [4.78, 5) is 37.0. The van der Waals surface area contributed by atoms with Crippen molar-refractivity contribution in [3.05, 3.63) is 62.3 Å². The van der Waals surface area contributed by atoms with Crippen LogP contribution in [0, 0.1) is 13.8 Å². The van der Waals surface area contributed by atoms with Gasteiger partial charge in [-0.2, -0.15) is 0 Å². The molecule has 0 aliphatic heterocycles. The number of hydrogen-bond acceptors (Lipinski definition) is 5. The zero-order valence-electron chi connectivity index (χ0n) is 13.0. The van der Waals surface area contributed by atoms with Crippen LogP contribution in [0.3, 0.4) is 0 Å².